The third-order valence-corrected chi connectivity index (χ3v) is 4.30. The lowest BCUT2D eigenvalue weighted by Gasteiger charge is -2.15. The van der Waals surface area contributed by atoms with Crippen molar-refractivity contribution in [2.45, 2.75) is 26.8 Å². The van der Waals surface area contributed by atoms with Crippen LogP contribution in [0.4, 0.5) is 5.69 Å². The van der Waals surface area contributed by atoms with Gasteiger partial charge in [0.15, 0.2) is 0 Å². The summed E-state index contributed by atoms with van der Waals surface area (Å²) in [6, 6.07) is 4.67. The van der Waals surface area contributed by atoms with E-state index in [0.717, 1.165) is 0 Å². The third-order valence-electron chi connectivity index (χ3n) is 4.00. The number of Topliss-reactive ketones (excluding diaryl/α,β-unsaturated/α-hetero) is 1. The SMILES string of the molecule is COC(=O)c1c(C)[nH]c(C(=O)[C@H](C)Nc2ccc(OC)c(Cl)c2)c1C. The molecule has 6 nitrogen and oxygen atoms in total. The van der Waals surface area contributed by atoms with Gasteiger partial charge in [-0.3, -0.25) is 4.79 Å². The topological polar surface area (TPSA) is 80.4 Å². The van der Waals surface area contributed by atoms with Crippen LogP contribution in [0.1, 0.15) is 39.0 Å². The zero-order valence-electron chi connectivity index (χ0n) is 14.8. The molecule has 0 saturated carbocycles. The summed E-state index contributed by atoms with van der Waals surface area (Å²) in [5, 5.41) is 3.56. The molecule has 2 N–H and O–H groups in total. The van der Waals surface area contributed by atoms with Gasteiger partial charge in [0.1, 0.15) is 5.75 Å². The smallest absolute Gasteiger partial charge is 0.339 e. The lowest BCUT2D eigenvalue weighted by Crippen LogP contribution is -2.27. The summed E-state index contributed by atoms with van der Waals surface area (Å²) < 4.78 is 9.88. The Bertz CT molecular complexity index is 814. The first kappa shape index (κ1) is 18.9. The lowest BCUT2D eigenvalue weighted by atomic mass is 10.0. The monoisotopic (exact) mass is 364 g/mol. The highest BCUT2D eigenvalue weighted by molar-refractivity contribution is 6.32. The second-order valence-electron chi connectivity index (χ2n) is 5.70. The van der Waals surface area contributed by atoms with Gasteiger partial charge in [-0.05, 0) is 44.5 Å². The van der Waals surface area contributed by atoms with Crippen molar-refractivity contribution >= 4 is 29.0 Å². The normalized spacial score (nSPS) is 11.8. The van der Waals surface area contributed by atoms with Gasteiger partial charge in [0, 0.05) is 11.4 Å². The van der Waals surface area contributed by atoms with E-state index in [1.54, 1.807) is 39.0 Å². The Labute approximate surface area is 151 Å². The molecule has 2 aromatic rings. The van der Waals surface area contributed by atoms with E-state index < -0.39 is 12.0 Å². The summed E-state index contributed by atoms with van der Waals surface area (Å²) in [4.78, 5) is 27.6. The highest BCUT2D eigenvalue weighted by atomic mass is 35.5. The number of hydrogen-bond donors (Lipinski definition) is 2. The Morgan fingerprint density at radius 3 is 2.48 bits per heavy atom. The number of esters is 1. The van der Waals surface area contributed by atoms with E-state index in [2.05, 4.69) is 10.3 Å². The molecule has 0 amide bonds. The second-order valence-corrected chi connectivity index (χ2v) is 6.10. The van der Waals surface area contributed by atoms with Crippen LogP contribution in [0, 0.1) is 13.8 Å². The average molecular weight is 365 g/mol. The van der Waals surface area contributed by atoms with Gasteiger partial charge in [-0.25, -0.2) is 4.79 Å². The van der Waals surface area contributed by atoms with Gasteiger partial charge >= 0.3 is 5.97 Å². The summed E-state index contributed by atoms with van der Waals surface area (Å²) in [6.45, 7) is 5.20. The number of carbonyl (C=O) groups is 2. The van der Waals surface area contributed by atoms with Crippen molar-refractivity contribution < 1.29 is 19.1 Å². The average Bonchev–Trinajstić information content (AvgIpc) is 2.88. The van der Waals surface area contributed by atoms with Crippen LogP contribution in [-0.4, -0.2) is 37.0 Å². The van der Waals surface area contributed by atoms with Crippen LogP contribution in [0.2, 0.25) is 5.02 Å². The molecule has 2 rings (SSSR count). The molecule has 0 bridgehead atoms. The van der Waals surface area contributed by atoms with Gasteiger partial charge in [0.05, 0.1) is 36.5 Å². The van der Waals surface area contributed by atoms with E-state index in [9.17, 15) is 9.59 Å². The molecule has 0 aliphatic heterocycles. The number of ether oxygens (including phenoxy) is 2. The standard InChI is InChI=1S/C18H21ClN2O4/c1-9-15(18(23)25-5)10(2)21-16(9)17(22)11(3)20-12-6-7-14(24-4)13(19)8-12/h6-8,11,20-21H,1-5H3/t11-/m0/s1. The number of H-pyrrole nitrogens is 1. The molecule has 0 aliphatic rings. The summed E-state index contributed by atoms with van der Waals surface area (Å²) in [6.07, 6.45) is 0. The maximum absolute atomic E-state index is 12.8. The molecule has 1 atom stereocenters. The van der Waals surface area contributed by atoms with Crippen molar-refractivity contribution in [1.29, 1.82) is 0 Å². The van der Waals surface area contributed by atoms with Crippen molar-refractivity contribution in [1.82, 2.24) is 4.98 Å². The predicted octanol–water partition coefficient (Wildman–Crippen LogP) is 3.76. The molecule has 0 spiro atoms. The van der Waals surface area contributed by atoms with E-state index in [-0.39, 0.29) is 5.78 Å². The van der Waals surface area contributed by atoms with E-state index in [1.165, 1.54) is 14.2 Å². The number of benzene rings is 1. The Kier molecular flexibility index (Phi) is 5.74. The Balaban J connectivity index is 2.23. The van der Waals surface area contributed by atoms with Gasteiger partial charge in [-0.15, -0.1) is 0 Å². The molecule has 0 aliphatic carbocycles. The zero-order valence-corrected chi connectivity index (χ0v) is 15.6. The number of ketones is 1. The molecule has 0 saturated heterocycles. The molecule has 0 unspecified atom stereocenters. The van der Waals surface area contributed by atoms with Crippen LogP contribution >= 0.6 is 11.6 Å². The summed E-state index contributed by atoms with van der Waals surface area (Å²) >= 11 is 6.10. The van der Waals surface area contributed by atoms with Gasteiger partial charge in [-0.1, -0.05) is 11.6 Å². The summed E-state index contributed by atoms with van der Waals surface area (Å²) in [5.41, 5.74) is 2.66. The van der Waals surface area contributed by atoms with Crippen molar-refractivity contribution in [3.63, 3.8) is 0 Å². The van der Waals surface area contributed by atoms with Crippen LogP contribution in [0.5, 0.6) is 5.75 Å². The number of methoxy groups -OCH3 is 2. The molecule has 0 fully saturated rings. The van der Waals surface area contributed by atoms with E-state index in [0.29, 0.717) is 39.0 Å². The minimum absolute atomic E-state index is 0.164. The predicted molar refractivity (Wildman–Crippen MR) is 97.0 cm³/mol. The number of halogens is 1. The first-order chi connectivity index (χ1) is 11.8. The maximum Gasteiger partial charge on any atom is 0.339 e. The fraction of sp³-hybridized carbons (Fsp3) is 0.333. The van der Waals surface area contributed by atoms with Crippen molar-refractivity contribution in [2.24, 2.45) is 0 Å². The molecule has 1 aromatic carbocycles. The molecule has 1 heterocycles. The minimum atomic E-state index is -0.522. The number of carbonyl (C=O) groups excluding carboxylic acids is 2. The van der Waals surface area contributed by atoms with Crippen molar-refractivity contribution in [2.75, 3.05) is 19.5 Å². The maximum atomic E-state index is 12.8. The van der Waals surface area contributed by atoms with Gasteiger partial charge in [0.25, 0.3) is 0 Å². The van der Waals surface area contributed by atoms with Crippen LogP contribution in [0.15, 0.2) is 18.2 Å². The first-order valence-electron chi connectivity index (χ1n) is 7.71. The highest BCUT2D eigenvalue weighted by Crippen LogP contribution is 2.28. The van der Waals surface area contributed by atoms with Gasteiger partial charge < -0.3 is 19.8 Å². The number of rotatable bonds is 6. The number of hydrogen-bond acceptors (Lipinski definition) is 5. The number of nitrogens with one attached hydrogen (secondary N) is 2. The van der Waals surface area contributed by atoms with Crippen LogP contribution < -0.4 is 10.1 Å². The second kappa shape index (κ2) is 7.61. The molecular weight excluding hydrogens is 344 g/mol. The number of anilines is 1. The minimum Gasteiger partial charge on any atom is -0.495 e. The van der Waals surface area contributed by atoms with E-state index in [4.69, 9.17) is 21.1 Å². The third kappa shape index (κ3) is 3.79. The fourth-order valence-electron chi connectivity index (χ4n) is 2.69. The molecule has 1 aromatic heterocycles. The molecular formula is C18H21ClN2O4. The summed E-state index contributed by atoms with van der Waals surface area (Å²) in [7, 11) is 2.85. The molecule has 7 heteroatoms. The van der Waals surface area contributed by atoms with Crippen molar-refractivity contribution in [3.8, 4) is 5.75 Å². The first-order valence-corrected chi connectivity index (χ1v) is 8.09. The van der Waals surface area contributed by atoms with Gasteiger partial charge in [0.2, 0.25) is 5.78 Å². The van der Waals surface area contributed by atoms with Crippen molar-refractivity contribution in [3.05, 3.63) is 45.7 Å². The number of aromatic nitrogens is 1. The quantitative estimate of drug-likeness (QED) is 0.602. The lowest BCUT2D eigenvalue weighted by molar-refractivity contribution is 0.0599. The Morgan fingerprint density at radius 1 is 1.24 bits per heavy atom. The summed E-state index contributed by atoms with van der Waals surface area (Å²) in [5.74, 6) is -0.0692. The molecule has 134 valence electrons. The van der Waals surface area contributed by atoms with Gasteiger partial charge in [-0.2, -0.15) is 0 Å². The number of aromatic amines is 1. The molecule has 25 heavy (non-hydrogen) atoms. The number of aryl methyl sites for hydroxylation is 1. The Hall–Kier alpha value is -2.47. The largest absolute Gasteiger partial charge is 0.495 e. The Morgan fingerprint density at radius 2 is 1.92 bits per heavy atom. The highest BCUT2D eigenvalue weighted by Gasteiger charge is 2.25. The molecule has 0 radical (unpaired) electrons. The van der Waals surface area contributed by atoms with Crippen LogP contribution in [0.3, 0.4) is 0 Å². The van der Waals surface area contributed by atoms with Crippen LogP contribution in [-0.2, 0) is 4.74 Å². The zero-order chi connectivity index (χ0) is 18.7. The van der Waals surface area contributed by atoms with E-state index >= 15 is 0 Å². The van der Waals surface area contributed by atoms with E-state index in [1.807, 2.05) is 0 Å². The van der Waals surface area contributed by atoms with Crippen LogP contribution in [0.25, 0.3) is 0 Å². The fourth-order valence-corrected chi connectivity index (χ4v) is 2.95.